The Morgan fingerprint density at radius 3 is 0.909 bits per heavy atom. The van der Waals surface area contributed by atoms with Crippen LogP contribution >= 0.6 is 0 Å². The highest BCUT2D eigenvalue weighted by Gasteiger charge is 2.53. The third-order valence-corrected chi connectivity index (χ3v) is 6.20. The number of hydrogen-bond donors (Lipinski definition) is 0. The molecule has 0 aliphatic carbocycles. The summed E-state index contributed by atoms with van der Waals surface area (Å²) in [5, 5.41) is 0. The predicted octanol–water partition coefficient (Wildman–Crippen LogP) is 2.65. The van der Waals surface area contributed by atoms with Gasteiger partial charge in [0.15, 0.2) is 0 Å². The molecule has 4 rings (SSSR count). The fourth-order valence-electron chi connectivity index (χ4n) is 5.04. The lowest BCUT2D eigenvalue weighted by Crippen LogP contribution is -2.84. The standard InChI is InChI=1S/C27H30B3N3/c1-4-22-31-28(25-16-10-7-11-17-25)32(23-5-2)30(27-20-14-9-15-21-27)33(24-6-3)29(31)26-18-12-8-13-19-26/h4-21H,1-3,22-24H2. The minimum absolute atomic E-state index is 0.0543. The van der Waals surface area contributed by atoms with Gasteiger partial charge in [-0.1, -0.05) is 109 Å². The van der Waals surface area contributed by atoms with Crippen molar-refractivity contribution >= 4 is 37.3 Å². The van der Waals surface area contributed by atoms with E-state index in [-0.39, 0.29) is 20.9 Å². The van der Waals surface area contributed by atoms with Crippen molar-refractivity contribution in [2.45, 2.75) is 0 Å². The SMILES string of the molecule is C=CCN1B(c2ccccc2)N(CC=C)B(c2ccccc2)N(CC=C)B1c1ccccc1. The van der Waals surface area contributed by atoms with E-state index in [9.17, 15) is 0 Å². The third kappa shape index (κ3) is 4.84. The molecule has 1 aliphatic heterocycles. The van der Waals surface area contributed by atoms with Gasteiger partial charge in [-0.05, 0) is 36.0 Å². The van der Waals surface area contributed by atoms with Gasteiger partial charge in [0.05, 0.1) is 0 Å². The van der Waals surface area contributed by atoms with Crippen molar-refractivity contribution in [2.75, 3.05) is 19.6 Å². The molecule has 0 radical (unpaired) electrons. The lowest BCUT2D eigenvalue weighted by atomic mass is 9.37. The quantitative estimate of drug-likeness (QED) is 0.383. The van der Waals surface area contributed by atoms with E-state index in [1.165, 1.54) is 16.4 Å². The largest absolute Gasteiger partial charge is 0.345 e. The van der Waals surface area contributed by atoms with E-state index in [0.29, 0.717) is 0 Å². The molecule has 0 N–H and O–H groups in total. The van der Waals surface area contributed by atoms with Gasteiger partial charge in [-0.3, -0.25) is 0 Å². The molecule has 6 heteroatoms. The lowest BCUT2D eigenvalue weighted by Gasteiger charge is -2.54. The molecule has 0 saturated carbocycles. The van der Waals surface area contributed by atoms with Crippen LogP contribution in [0.3, 0.4) is 0 Å². The van der Waals surface area contributed by atoms with Gasteiger partial charge >= 0.3 is 20.9 Å². The van der Waals surface area contributed by atoms with Crippen molar-refractivity contribution in [2.24, 2.45) is 0 Å². The Kier molecular flexibility index (Phi) is 7.85. The maximum absolute atomic E-state index is 4.11. The zero-order valence-corrected chi connectivity index (χ0v) is 19.2. The summed E-state index contributed by atoms with van der Waals surface area (Å²) >= 11 is 0. The first-order valence-corrected chi connectivity index (χ1v) is 11.5. The molecule has 0 bridgehead atoms. The summed E-state index contributed by atoms with van der Waals surface area (Å²) in [6, 6.07) is 32.3. The smallest absolute Gasteiger partial charge is 0.326 e. The van der Waals surface area contributed by atoms with Gasteiger partial charge in [0.1, 0.15) is 0 Å². The summed E-state index contributed by atoms with van der Waals surface area (Å²) in [6.45, 7) is 14.8. The van der Waals surface area contributed by atoms with Crippen LogP contribution in [0.5, 0.6) is 0 Å². The summed E-state index contributed by atoms with van der Waals surface area (Å²) in [4.78, 5) is 0. The molecule has 0 aromatic heterocycles. The number of nitrogens with zero attached hydrogens (tertiary/aromatic N) is 3. The summed E-state index contributed by atoms with van der Waals surface area (Å²) in [7, 11) is 0. The number of benzene rings is 3. The first-order chi connectivity index (χ1) is 16.3. The number of hydrogen-bond acceptors (Lipinski definition) is 3. The first kappa shape index (κ1) is 23.1. The van der Waals surface area contributed by atoms with Crippen LogP contribution in [0.1, 0.15) is 0 Å². The lowest BCUT2D eigenvalue weighted by molar-refractivity contribution is 0.502. The maximum Gasteiger partial charge on any atom is 0.326 e. The highest BCUT2D eigenvalue weighted by molar-refractivity contribution is 6.98. The van der Waals surface area contributed by atoms with Crippen molar-refractivity contribution in [3.05, 3.63) is 129 Å². The third-order valence-electron chi connectivity index (χ3n) is 6.20. The predicted molar refractivity (Wildman–Crippen MR) is 146 cm³/mol. The van der Waals surface area contributed by atoms with E-state index >= 15 is 0 Å². The van der Waals surface area contributed by atoms with Crippen LogP contribution in [0.15, 0.2) is 129 Å². The van der Waals surface area contributed by atoms with E-state index in [4.69, 9.17) is 0 Å². The Hall–Kier alpha value is -3.05. The molecule has 162 valence electrons. The molecular formula is C27H30B3N3. The van der Waals surface area contributed by atoms with Crippen molar-refractivity contribution in [3.8, 4) is 0 Å². The van der Waals surface area contributed by atoms with E-state index < -0.39 is 0 Å². The molecule has 0 amide bonds. The minimum Gasteiger partial charge on any atom is -0.345 e. The normalized spacial score (nSPS) is 15.5. The molecule has 3 nitrogen and oxygen atoms in total. The fourth-order valence-corrected chi connectivity index (χ4v) is 5.04. The molecule has 1 heterocycles. The summed E-state index contributed by atoms with van der Waals surface area (Å²) in [5.41, 5.74) is 3.80. The average Bonchev–Trinajstić information content (AvgIpc) is 2.86. The Morgan fingerprint density at radius 1 is 0.455 bits per heavy atom. The van der Waals surface area contributed by atoms with Crippen molar-refractivity contribution in [1.82, 2.24) is 14.2 Å². The summed E-state index contributed by atoms with van der Waals surface area (Å²) in [6.07, 6.45) is 6.02. The number of rotatable bonds is 9. The Labute approximate surface area is 200 Å². The molecule has 1 saturated heterocycles. The van der Waals surface area contributed by atoms with Crippen molar-refractivity contribution in [3.63, 3.8) is 0 Å². The maximum atomic E-state index is 4.11. The van der Waals surface area contributed by atoms with E-state index in [0.717, 1.165) is 19.6 Å². The second-order valence-electron chi connectivity index (χ2n) is 8.31. The Balaban J connectivity index is 1.97. The molecule has 1 fully saturated rings. The van der Waals surface area contributed by atoms with Gasteiger partial charge in [-0.25, -0.2) is 0 Å². The van der Waals surface area contributed by atoms with Gasteiger partial charge in [-0.15, -0.1) is 19.7 Å². The van der Waals surface area contributed by atoms with Crippen LogP contribution in [0, 0.1) is 0 Å². The zero-order chi connectivity index (χ0) is 23.0. The Morgan fingerprint density at radius 2 is 0.697 bits per heavy atom. The van der Waals surface area contributed by atoms with Gasteiger partial charge in [-0.2, -0.15) is 0 Å². The Bertz CT molecular complexity index is 897. The van der Waals surface area contributed by atoms with E-state index in [1.807, 2.05) is 18.2 Å². The molecule has 0 unspecified atom stereocenters. The molecule has 1 aliphatic rings. The van der Waals surface area contributed by atoms with Crippen LogP contribution in [0.25, 0.3) is 0 Å². The summed E-state index contributed by atoms with van der Waals surface area (Å²) in [5.74, 6) is 0. The van der Waals surface area contributed by atoms with Gasteiger partial charge in [0.2, 0.25) is 0 Å². The van der Waals surface area contributed by atoms with Crippen molar-refractivity contribution in [1.29, 1.82) is 0 Å². The van der Waals surface area contributed by atoms with Gasteiger partial charge in [0.25, 0.3) is 0 Å². The molecule has 33 heavy (non-hydrogen) atoms. The second kappa shape index (κ2) is 11.2. The molecule has 3 aromatic rings. The zero-order valence-electron chi connectivity index (χ0n) is 19.2. The van der Waals surface area contributed by atoms with Crippen LogP contribution in [0.2, 0.25) is 0 Å². The van der Waals surface area contributed by atoms with Gasteiger partial charge < -0.3 is 14.2 Å². The first-order valence-electron chi connectivity index (χ1n) is 11.5. The van der Waals surface area contributed by atoms with Crippen LogP contribution < -0.4 is 16.4 Å². The monoisotopic (exact) mass is 429 g/mol. The highest BCUT2D eigenvalue weighted by Crippen LogP contribution is 2.21. The topological polar surface area (TPSA) is 9.72 Å². The van der Waals surface area contributed by atoms with Crippen LogP contribution in [-0.2, 0) is 0 Å². The molecule has 0 spiro atoms. The molecular weight excluding hydrogens is 399 g/mol. The fraction of sp³-hybridized carbons (Fsp3) is 0.111. The van der Waals surface area contributed by atoms with Crippen LogP contribution in [-0.4, -0.2) is 54.7 Å². The highest BCUT2D eigenvalue weighted by atomic mass is 15.3. The minimum atomic E-state index is 0.0543. The van der Waals surface area contributed by atoms with Gasteiger partial charge in [0, 0.05) is 0 Å². The molecule has 3 aromatic carbocycles. The van der Waals surface area contributed by atoms with E-state index in [1.54, 1.807) is 0 Å². The second-order valence-corrected chi connectivity index (χ2v) is 8.31. The average molecular weight is 429 g/mol. The summed E-state index contributed by atoms with van der Waals surface area (Å²) < 4.78 is 7.60. The van der Waals surface area contributed by atoms with Crippen LogP contribution in [0.4, 0.5) is 0 Å². The molecule has 0 atom stereocenters. The van der Waals surface area contributed by atoms with E-state index in [2.05, 4.69) is 125 Å². The van der Waals surface area contributed by atoms with Crippen molar-refractivity contribution < 1.29 is 0 Å².